The molecule has 0 bridgehead atoms. The molecule has 0 unspecified atom stereocenters. The van der Waals surface area contributed by atoms with Crippen LogP contribution in [0.2, 0.25) is 0 Å². The number of anilines is 1. The summed E-state index contributed by atoms with van der Waals surface area (Å²) in [5, 5.41) is 3.32. The molecule has 0 aliphatic carbocycles. The molecule has 4 heteroatoms. The van der Waals surface area contributed by atoms with Crippen molar-refractivity contribution in [3.05, 3.63) is 24.1 Å². The molecule has 1 N–H and O–H groups in total. The number of nitrogens with zero attached hydrogens (tertiary/aromatic N) is 2. The summed E-state index contributed by atoms with van der Waals surface area (Å²) < 4.78 is 5.48. The van der Waals surface area contributed by atoms with Crippen molar-refractivity contribution in [3.8, 4) is 0 Å². The van der Waals surface area contributed by atoms with Crippen LogP contribution in [0.1, 0.15) is 26.0 Å². The molecule has 0 saturated carbocycles. The number of hydrogen-bond donors (Lipinski definition) is 1. The number of oxazole rings is 1. The predicted molar refractivity (Wildman–Crippen MR) is 64.4 cm³/mol. The Bertz CT molecular complexity index is 357. The normalized spacial score (nSPS) is 16.1. The van der Waals surface area contributed by atoms with Crippen LogP contribution in [0.4, 0.5) is 6.01 Å². The summed E-state index contributed by atoms with van der Waals surface area (Å²) >= 11 is 0. The van der Waals surface area contributed by atoms with Gasteiger partial charge in [0.1, 0.15) is 6.26 Å². The Morgan fingerprint density at radius 1 is 1.50 bits per heavy atom. The van der Waals surface area contributed by atoms with Crippen molar-refractivity contribution in [2.24, 2.45) is 0 Å². The quantitative estimate of drug-likeness (QED) is 0.789. The smallest absolute Gasteiger partial charge is 0.297 e. The first kappa shape index (κ1) is 11.2. The minimum absolute atomic E-state index is 0.470. The lowest BCUT2D eigenvalue weighted by Crippen LogP contribution is -2.27. The summed E-state index contributed by atoms with van der Waals surface area (Å²) in [6.45, 7) is 6.91. The maximum Gasteiger partial charge on any atom is 0.297 e. The van der Waals surface area contributed by atoms with E-state index < -0.39 is 0 Å². The molecule has 0 amide bonds. The van der Waals surface area contributed by atoms with E-state index in [0.717, 1.165) is 37.8 Å². The highest BCUT2D eigenvalue weighted by molar-refractivity contribution is 5.30. The Hall–Kier alpha value is -1.29. The third kappa shape index (κ3) is 2.85. The van der Waals surface area contributed by atoms with Gasteiger partial charge in [0.25, 0.3) is 6.01 Å². The van der Waals surface area contributed by atoms with Crippen LogP contribution >= 0.6 is 0 Å². The highest BCUT2D eigenvalue weighted by atomic mass is 16.4. The largest absolute Gasteiger partial charge is 0.432 e. The summed E-state index contributed by atoms with van der Waals surface area (Å²) in [5.41, 5.74) is 0.971. The van der Waals surface area contributed by atoms with E-state index >= 15 is 0 Å². The van der Waals surface area contributed by atoms with Crippen LogP contribution in [-0.4, -0.2) is 24.1 Å². The Balaban J connectivity index is 1.93. The topological polar surface area (TPSA) is 41.3 Å². The first-order valence-corrected chi connectivity index (χ1v) is 5.83. The number of rotatable bonds is 4. The molecule has 1 aliphatic heterocycles. The first-order chi connectivity index (χ1) is 7.75. The van der Waals surface area contributed by atoms with Crippen molar-refractivity contribution >= 4 is 6.01 Å². The van der Waals surface area contributed by atoms with Gasteiger partial charge in [-0.1, -0.05) is 26.0 Å². The molecule has 0 aromatic carbocycles. The van der Waals surface area contributed by atoms with Gasteiger partial charge in [0.2, 0.25) is 0 Å². The van der Waals surface area contributed by atoms with Crippen LogP contribution in [-0.2, 0) is 6.54 Å². The maximum atomic E-state index is 5.48. The van der Waals surface area contributed by atoms with Crippen molar-refractivity contribution in [1.29, 1.82) is 0 Å². The van der Waals surface area contributed by atoms with E-state index in [4.69, 9.17) is 4.42 Å². The van der Waals surface area contributed by atoms with Gasteiger partial charge in [-0.2, -0.15) is 4.98 Å². The molecule has 88 valence electrons. The molecule has 0 radical (unpaired) electrons. The highest BCUT2D eigenvalue weighted by Gasteiger charge is 2.13. The Morgan fingerprint density at radius 3 is 3.06 bits per heavy atom. The molecular weight excluding hydrogens is 202 g/mol. The Morgan fingerprint density at radius 2 is 2.38 bits per heavy atom. The van der Waals surface area contributed by atoms with Gasteiger partial charge < -0.3 is 14.6 Å². The van der Waals surface area contributed by atoms with Crippen molar-refractivity contribution in [1.82, 2.24) is 10.3 Å². The highest BCUT2D eigenvalue weighted by Crippen LogP contribution is 2.16. The van der Waals surface area contributed by atoms with E-state index in [9.17, 15) is 0 Å². The van der Waals surface area contributed by atoms with Gasteiger partial charge in [-0.3, -0.25) is 0 Å². The van der Waals surface area contributed by atoms with Crippen LogP contribution in [0, 0.1) is 0 Å². The third-order valence-corrected chi connectivity index (χ3v) is 2.56. The first-order valence-electron chi connectivity index (χ1n) is 5.83. The van der Waals surface area contributed by atoms with E-state index in [-0.39, 0.29) is 0 Å². The van der Waals surface area contributed by atoms with Crippen LogP contribution in [0.3, 0.4) is 0 Å². The second-order valence-electron chi connectivity index (χ2n) is 4.36. The molecule has 0 saturated heterocycles. The zero-order valence-electron chi connectivity index (χ0n) is 9.94. The zero-order chi connectivity index (χ0) is 11.4. The molecule has 1 aromatic rings. The molecule has 0 atom stereocenters. The molecule has 0 spiro atoms. The number of hydrogen-bond acceptors (Lipinski definition) is 4. The average molecular weight is 221 g/mol. The van der Waals surface area contributed by atoms with Gasteiger partial charge in [-0.15, -0.1) is 0 Å². The summed E-state index contributed by atoms with van der Waals surface area (Å²) in [7, 11) is 0. The van der Waals surface area contributed by atoms with E-state index in [1.165, 1.54) is 0 Å². The van der Waals surface area contributed by atoms with Gasteiger partial charge >= 0.3 is 0 Å². The molecule has 2 heterocycles. The minimum atomic E-state index is 0.470. The summed E-state index contributed by atoms with van der Waals surface area (Å²) in [6, 6.07) is 1.21. The number of nitrogens with one attached hydrogen (secondary N) is 1. The van der Waals surface area contributed by atoms with Crippen molar-refractivity contribution in [2.45, 2.75) is 32.9 Å². The van der Waals surface area contributed by atoms with Crippen molar-refractivity contribution in [3.63, 3.8) is 0 Å². The van der Waals surface area contributed by atoms with Crippen LogP contribution in [0.15, 0.2) is 22.8 Å². The van der Waals surface area contributed by atoms with Crippen molar-refractivity contribution < 1.29 is 4.42 Å². The van der Waals surface area contributed by atoms with E-state index in [1.807, 2.05) is 0 Å². The fraction of sp³-hybridized carbons (Fsp3) is 0.583. The van der Waals surface area contributed by atoms with E-state index in [1.54, 1.807) is 6.26 Å². The van der Waals surface area contributed by atoms with Crippen LogP contribution < -0.4 is 10.2 Å². The van der Waals surface area contributed by atoms with Gasteiger partial charge in [-0.05, 0) is 6.42 Å². The van der Waals surface area contributed by atoms with Gasteiger partial charge in [0.05, 0.1) is 5.69 Å². The lowest BCUT2D eigenvalue weighted by Gasteiger charge is -2.20. The average Bonchev–Trinajstić information content (AvgIpc) is 2.76. The summed E-state index contributed by atoms with van der Waals surface area (Å²) in [6.07, 6.45) is 7.16. The third-order valence-electron chi connectivity index (χ3n) is 2.56. The van der Waals surface area contributed by atoms with Gasteiger partial charge in [0, 0.05) is 25.7 Å². The fourth-order valence-electron chi connectivity index (χ4n) is 1.65. The maximum absolute atomic E-state index is 5.48. The SMILES string of the molecule is CC(C)NCc1coc(N2CC=CCC2)n1. The van der Waals surface area contributed by atoms with Crippen LogP contribution in [0.5, 0.6) is 0 Å². The molecule has 1 aromatic heterocycles. The lowest BCUT2D eigenvalue weighted by atomic mass is 10.3. The second-order valence-corrected chi connectivity index (χ2v) is 4.36. The molecule has 0 fully saturated rings. The molecule has 2 rings (SSSR count). The van der Waals surface area contributed by atoms with E-state index in [0.29, 0.717) is 6.04 Å². The summed E-state index contributed by atoms with van der Waals surface area (Å²) in [5.74, 6) is 0. The van der Waals surface area contributed by atoms with E-state index in [2.05, 4.69) is 41.2 Å². The second kappa shape index (κ2) is 5.16. The number of aromatic nitrogens is 1. The molecule has 1 aliphatic rings. The van der Waals surface area contributed by atoms with Crippen molar-refractivity contribution in [2.75, 3.05) is 18.0 Å². The Kier molecular flexibility index (Phi) is 3.62. The molecule has 4 nitrogen and oxygen atoms in total. The Labute approximate surface area is 96.3 Å². The summed E-state index contributed by atoms with van der Waals surface area (Å²) in [4.78, 5) is 6.62. The lowest BCUT2D eigenvalue weighted by molar-refractivity contribution is 0.534. The van der Waals surface area contributed by atoms with Crippen LogP contribution in [0.25, 0.3) is 0 Å². The van der Waals surface area contributed by atoms with Gasteiger partial charge in [-0.25, -0.2) is 0 Å². The molecule has 16 heavy (non-hydrogen) atoms. The fourth-order valence-corrected chi connectivity index (χ4v) is 1.65. The van der Waals surface area contributed by atoms with Gasteiger partial charge in [0.15, 0.2) is 0 Å². The predicted octanol–water partition coefficient (Wildman–Crippen LogP) is 1.94. The zero-order valence-corrected chi connectivity index (χ0v) is 9.94. The minimum Gasteiger partial charge on any atom is -0.432 e. The monoisotopic (exact) mass is 221 g/mol. The standard InChI is InChI=1S/C12H19N3O/c1-10(2)13-8-11-9-16-12(14-11)15-6-4-3-5-7-15/h3-4,9-10,13H,5-8H2,1-2H3. The molecular formula is C12H19N3O.